The summed E-state index contributed by atoms with van der Waals surface area (Å²) in [6, 6.07) is 13.7. The van der Waals surface area contributed by atoms with Gasteiger partial charge in [0, 0.05) is 24.4 Å². The van der Waals surface area contributed by atoms with Crippen LogP contribution in [0.4, 0.5) is 13.2 Å². The van der Waals surface area contributed by atoms with Crippen LogP contribution in [0.1, 0.15) is 118 Å². The number of likely N-dealkylation sites (tertiary alicyclic amines) is 3. The summed E-state index contributed by atoms with van der Waals surface area (Å²) in [6.45, 7) is 9.00. The van der Waals surface area contributed by atoms with Crippen molar-refractivity contribution in [3.63, 3.8) is 0 Å². The molecular formula is C45H61ClF3N7O5S2. The molecule has 2 aromatic carbocycles. The Hall–Kier alpha value is -3.74. The second-order valence-corrected chi connectivity index (χ2v) is 19.8. The Morgan fingerprint density at radius 3 is 1.78 bits per heavy atom. The maximum absolute atomic E-state index is 12.4. The number of nitrogens with one attached hydrogen (secondary N) is 1. The molecule has 346 valence electrons. The lowest BCUT2D eigenvalue weighted by Gasteiger charge is -2.38. The molecule has 0 spiro atoms. The van der Waals surface area contributed by atoms with Crippen LogP contribution in [0.2, 0.25) is 0 Å². The number of amides is 2. The number of carbonyl (C=O) groups is 4. The number of rotatable bonds is 6. The zero-order valence-corrected chi connectivity index (χ0v) is 38.1. The molecule has 6 heterocycles. The molecule has 4 atom stereocenters. The van der Waals surface area contributed by atoms with Gasteiger partial charge in [0.25, 0.3) is 0 Å². The van der Waals surface area contributed by atoms with Crippen LogP contribution < -0.4 is 11.1 Å². The van der Waals surface area contributed by atoms with E-state index in [0.29, 0.717) is 30.3 Å². The summed E-state index contributed by atoms with van der Waals surface area (Å²) >= 11 is 8.18. The fraction of sp³-hybridized carbons (Fsp3) is 0.600. The van der Waals surface area contributed by atoms with E-state index < -0.39 is 35.8 Å². The first kappa shape index (κ1) is 50.3. The van der Waals surface area contributed by atoms with Crippen molar-refractivity contribution in [2.24, 2.45) is 17.6 Å². The van der Waals surface area contributed by atoms with Gasteiger partial charge in [0.1, 0.15) is 0 Å². The Labute approximate surface area is 381 Å². The normalized spacial score (nSPS) is 22.9. The quantitative estimate of drug-likeness (QED) is 0.109. The molecule has 0 bridgehead atoms. The Morgan fingerprint density at radius 1 is 0.794 bits per heavy atom. The van der Waals surface area contributed by atoms with Crippen molar-refractivity contribution in [2.75, 3.05) is 60.0 Å². The maximum atomic E-state index is 12.4. The molecule has 0 unspecified atom stereocenters. The smallest absolute Gasteiger partial charge is 0.422 e. The highest BCUT2D eigenvalue weighted by atomic mass is 35.5. The van der Waals surface area contributed by atoms with Crippen LogP contribution in [0.25, 0.3) is 20.4 Å². The zero-order valence-electron chi connectivity index (χ0n) is 35.7. The number of halogens is 4. The molecule has 4 aliphatic rings. The summed E-state index contributed by atoms with van der Waals surface area (Å²) < 4.78 is 39.7. The standard InChI is InChI=1S/C21H28N4O2S.C19H27N3S.C4H2ClF3O3.CH4/c1-13-3-5-17(25(12-13)21(27)19(22)26)15-4-6-18-16(11-15)23-20(28-18)14-7-9-24(2)10-8-14;1-13-3-5-16(20-12-13)15-4-6-18-17(11-15)21-19(23-18)14-7-9-22(2)10-8-14;5-2(9)3(10)11-1-4(6,7)8;/h4,6,11,13-14,17H,3,5,7-10,12H2,1-2H3,(H2,22,26);4,6,11,13-14,16,20H,3,5,7-10,12H2,1-2H3;1H2;1H4/t13-,17+;13-,16+;;/m00../s1. The van der Waals surface area contributed by atoms with Gasteiger partial charge in [0.2, 0.25) is 0 Å². The maximum Gasteiger partial charge on any atom is 0.422 e. The molecule has 0 aliphatic carbocycles. The number of hydrogen-bond acceptors (Lipinski definition) is 12. The average Bonchev–Trinajstić information content (AvgIpc) is 3.87. The lowest BCUT2D eigenvalue weighted by Crippen LogP contribution is -2.46. The van der Waals surface area contributed by atoms with E-state index in [1.807, 2.05) is 11.3 Å². The summed E-state index contributed by atoms with van der Waals surface area (Å²) in [5, 5.41) is 4.70. The van der Waals surface area contributed by atoms with Gasteiger partial charge in [0.05, 0.1) is 36.5 Å². The van der Waals surface area contributed by atoms with Gasteiger partial charge in [-0.3, -0.25) is 14.4 Å². The molecule has 0 saturated carbocycles. The highest BCUT2D eigenvalue weighted by molar-refractivity contribution is 7.19. The number of fused-ring (bicyclic) bond motifs is 2. The molecule has 3 N–H and O–H groups in total. The molecule has 2 aromatic heterocycles. The Bertz CT molecular complexity index is 2160. The Kier molecular flexibility index (Phi) is 17.9. The third-order valence-corrected chi connectivity index (χ3v) is 14.8. The SMILES string of the molecule is C.C[C@H]1CC[C@H](c2ccc3sc(C4CCN(C)CC4)nc3c2)N(C(=O)C(N)=O)C1.C[C@H]1CC[C@H](c2ccc3sc(C4CCN(C)CC4)nc3c2)NC1.O=C(Cl)C(=O)OCC(F)(F)F. The molecule has 0 radical (unpaired) electrons. The monoisotopic (exact) mass is 935 g/mol. The first-order chi connectivity index (χ1) is 29.4. The van der Waals surface area contributed by atoms with Crippen molar-refractivity contribution in [1.82, 2.24) is 30.0 Å². The Balaban J connectivity index is 0.000000193. The minimum Gasteiger partial charge on any atom is -0.449 e. The van der Waals surface area contributed by atoms with Crippen molar-refractivity contribution in [3.05, 3.63) is 57.5 Å². The number of nitrogens with zero attached hydrogens (tertiary/aromatic N) is 5. The minimum absolute atomic E-state index is 0. The molecule has 63 heavy (non-hydrogen) atoms. The van der Waals surface area contributed by atoms with Gasteiger partial charge in [-0.05, 0) is 157 Å². The zero-order chi connectivity index (χ0) is 44.7. The van der Waals surface area contributed by atoms with Crippen LogP contribution in [0.3, 0.4) is 0 Å². The fourth-order valence-corrected chi connectivity index (χ4v) is 10.8. The number of primary amides is 1. The van der Waals surface area contributed by atoms with Gasteiger partial charge in [-0.2, -0.15) is 13.2 Å². The van der Waals surface area contributed by atoms with Crippen molar-refractivity contribution >= 4 is 77.7 Å². The van der Waals surface area contributed by atoms with Crippen molar-refractivity contribution in [3.8, 4) is 0 Å². The number of nitrogens with two attached hydrogens (primary N) is 1. The number of thiazole rings is 2. The number of benzene rings is 2. The molecule has 18 heteroatoms. The summed E-state index contributed by atoms with van der Waals surface area (Å²) in [5.41, 5.74) is 9.98. The predicted octanol–water partition coefficient (Wildman–Crippen LogP) is 8.55. The number of alkyl halides is 3. The van der Waals surface area contributed by atoms with Crippen LogP contribution in [0.15, 0.2) is 36.4 Å². The predicted molar refractivity (Wildman–Crippen MR) is 244 cm³/mol. The van der Waals surface area contributed by atoms with Crippen LogP contribution >= 0.6 is 34.3 Å². The van der Waals surface area contributed by atoms with E-state index in [1.54, 1.807) is 16.2 Å². The van der Waals surface area contributed by atoms with Crippen LogP contribution in [0.5, 0.6) is 0 Å². The van der Waals surface area contributed by atoms with E-state index in [1.165, 1.54) is 69.3 Å². The van der Waals surface area contributed by atoms with E-state index in [4.69, 9.17) is 15.7 Å². The second kappa shape index (κ2) is 22.4. The molecule has 4 fully saturated rings. The van der Waals surface area contributed by atoms with Crippen LogP contribution in [-0.4, -0.2) is 114 Å². The van der Waals surface area contributed by atoms with E-state index in [-0.39, 0.29) is 13.5 Å². The number of carbonyl (C=O) groups excluding carboxylic acids is 4. The topological polar surface area (TPSA) is 151 Å². The highest BCUT2D eigenvalue weighted by Crippen LogP contribution is 2.39. The van der Waals surface area contributed by atoms with E-state index >= 15 is 0 Å². The van der Waals surface area contributed by atoms with E-state index in [2.05, 4.69) is 95.8 Å². The van der Waals surface area contributed by atoms with Gasteiger partial charge >= 0.3 is 29.2 Å². The third kappa shape index (κ3) is 13.9. The lowest BCUT2D eigenvalue weighted by molar-refractivity contribution is -0.185. The van der Waals surface area contributed by atoms with Gasteiger partial charge in [-0.15, -0.1) is 22.7 Å². The number of ether oxygens (including phenoxy) is 1. The van der Waals surface area contributed by atoms with Gasteiger partial charge in [0.15, 0.2) is 6.61 Å². The molecule has 4 aromatic rings. The number of hydrogen-bond donors (Lipinski definition) is 2. The fourth-order valence-electron chi connectivity index (χ4n) is 8.56. The number of esters is 1. The largest absolute Gasteiger partial charge is 0.449 e. The number of aromatic nitrogens is 2. The van der Waals surface area contributed by atoms with E-state index in [9.17, 15) is 32.3 Å². The second-order valence-electron chi connectivity index (χ2n) is 17.3. The molecule has 4 aliphatic heterocycles. The van der Waals surface area contributed by atoms with Crippen LogP contribution in [0, 0.1) is 11.8 Å². The highest BCUT2D eigenvalue weighted by Gasteiger charge is 2.34. The third-order valence-electron chi connectivity index (χ3n) is 12.3. The van der Waals surface area contributed by atoms with Crippen molar-refractivity contribution in [1.29, 1.82) is 0 Å². The summed E-state index contributed by atoms with van der Waals surface area (Å²) in [5.74, 6) is -0.769. The number of piperidine rings is 4. The summed E-state index contributed by atoms with van der Waals surface area (Å²) in [4.78, 5) is 60.0. The average molecular weight is 937 g/mol. The molecule has 2 amide bonds. The van der Waals surface area contributed by atoms with Gasteiger partial charge in [-0.25, -0.2) is 14.8 Å². The van der Waals surface area contributed by atoms with Crippen molar-refractivity contribution < 1.29 is 37.1 Å². The summed E-state index contributed by atoms with van der Waals surface area (Å²) in [7, 11) is 4.39. The first-order valence-electron chi connectivity index (χ1n) is 21.4. The first-order valence-corrected chi connectivity index (χ1v) is 23.4. The molecule has 4 saturated heterocycles. The Morgan fingerprint density at radius 2 is 1.30 bits per heavy atom. The summed E-state index contributed by atoms with van der Waals surface area (Å²) in [6.07, 6.45) is 4.64. The lowest BCUT2D eigenvalue weighted by atomic mass is 9.89. The van der Waals surface area contributed by atoms with Gasteiger partial charge in [-0.1, -0.05) is 33.4 Å². The van der Waals surface area contributed by atoms with Crippen LogP contribution in [-0.2, 0) is 23.9 Å². The minimum atomic E-state index is -4.64. The molecular weight excluding hydrogens is 875 g/mol. The van der Waals surface area contributed by atoms with Crippen molar-refractivity contribution in [2.45, 2.75) is 103 Å². The molecule has 8 rings (SSSR count). The molecule has 12 nitrogen and oxygen atoms in total. The van der Waals surface area contributed by atoms with Gasteiger partial charge < -0.3 is 30.5 Å². The van der Waals surface area contributed by atoms with E-state index in [0.717, 1.165) is 62.3 Å².